The molecule has 0 aromatic rings. The second-order valence-corrected chi connectivity index (χ2v) is 6.01. The number of likely N-dealkylation sites (N-methyl/N-ethyl adjacent to an activating group) is 1. The molecule has 0 spiro atoms. The van der Waals surface area contributed by atoms with E-state index in [2.05, 4.69) is 25.9 Å². The summed E-state index contributed by atoms with van der Waals surface area (Å²) in [6.07, 6.45) is 13.2. The number of nitrogens with zero attached hydrogens (tertiary/aromatic N) is 1. The van der Waals surface area contributed by atoms with Gasteiger partial charge in [-0.05, 0) is 33.4 Å². The van der Waals surface area contributed by atoms with Gasteiger partial charge < -0.3 is 10.6 Å². The smallest absolute Gasteiger partial charge is 0.0354 e. The number of unbranched alkanes of at least 4 members (excludes halogenated alkanes) is 2. The predicted octanol–water partition coefficient (Wildman–Crippen LogP) is 3.55. The minimum Gasteiger partial charge on any atom is -0.326 e. The standard InChI is InChI=1S/C15H32N2/c1-4-5-8-11-14(16)15(17(2)3)12-9-6-7-10-13-15/h14H,4-13,16H2,1-3H3. The molecule has 1 unspecified atom stereocenters. The monoisotopic (exact) mass is 240 g/mol. The molecule has 0 aliphatic heterocycles. The Bertz CT molecular complexity index is 193. The molecule has 1 aliphatic carbocycles. The molecule has 2 nitrogen and oxygen atoms in total. The van der Waals surface area contributed by atoms with Crippen molar-refractivity contribution in [1.29, 1.82) is 0 Å². The van der Waals surface area contributed by atoms with E-state index in [1.165, 1.54) is 64.2 Å². The molecule has 0 radical (unpaired) electrons. The van der Waals surface area contributed by atoms with Crippen LogP contribution in [0.15, 0.2) is 0 Å². The third-order valence-corrected chi connectivity index (χ3v) is 4.67. The maximum Gasteiger partial charge on any atom is 0.0354 e. The van der Waals surface area contributed by atoms with Gasteiger partial charge >= 0.3 is 0 Å². The molecule has 1 fully saturated rings. The van der Waals surface area contributed by atoms with Gasteiger partial charge in [0.15, 0.2) is 0 Å². The van der Waals surface area contributed by atoms with Crippen LogP contribution in [0.25, 0.3) is 0 Å². The third kappa shape index (κ3) is 3.96. The summed E-state index contributed by atoms with van der Waals surface area (Å²) in [4.78, 5) is 2.43. The second kappa shape index (κ2) is 7.38. The maximum atomic E-state index is 6.55. The van der Waals surface area contributed by atoms with E-state index in [1.54, 1.807) is 0 Å². The summed E-state index contributed by atoms with van der Waals surface area (Å²) in [5, 5.41) is 0. The highest BCUT2D eigenvalue weighted by Crippen LogP contribution is 2.34. The van der Waals surface area contributed by atoms with Gasteiger partial charge in [-0.15, -0.1) is 0 Å². The van der Waals surface area contributed by atoms with Gasteiger partial charge in [0.2, 0.25) is 0 Å². The Morgan fingerprint density at radius 1 is 1.06 bits per heavy atom. The lowest BCUT2D eigenvalue weighted by atomic mass is 9.79. The van der Waals surface area contributed by atoms with Gasteiger partial charge in [0, 0.05) is 11.6 Å². The lowest BCUT2D eigenvalue weighted by Gasteiger charge is -2.44. The van der Waals surface area contributed by atoms with Crippen molar-refractivity contribution < 1.29 is 0 Å². The van der Waals surface area contributed by atoms with E-state index < -0.39 is 0 Å². The summed E-state index contributed by atoms with van der Waals surface area (Å²) in [6, 6.07) is 0.363. The Labute approximate surface area is 108 Å². The zero-order chi connectivity index (χ0) is 12.7. The summed E-state index contributed by atoms with van der Waals surface area (Å²) >= 11 is 0. The van der Waals surface area contributed by atoms with E-state index in [1.807, 2.05) is 0 Å². The van der Waals surface area contributed by atoms with Crippen LogP contribution in [-0.4, -0.2) is 30.6 Å². The average Bonchev–Trinajstić information content (AvgIpc) is 2.55. The zero-order valence-corrected chi connectivity index (χ0v) is 12.2. The first-order valence-electron chi connectivity index (χ1n) is 7.56. The molecule has 0 amide bonds. The van der Waals surface area contributed by atoms with Crippen molar-refractivity contribution >= 4 is 0 Å². The first-order chi connectivity index (χ1) is 8.13. The topological polar surface area (TPSA) is 29.3 Å². The van der Waals surface area contributed by atoms with Gasteiger partial charge in [-0.1, -0.05) is 51.9 Å². The van der Waals surface area contributed by atoms with Gasteiger partial charge in [0.25, 0.3) is 0 Å². The highest BCUT2D eigenvalue weighted by molar-refractivity contribution is 4.98. The number of nitrogens with two attached hydrogens (primary N) is 1. The largest absolute Gasteiger partial charge is 0.326 e. The normalized spacial score (nSPS) is 22.4. The van der Waals surface area contributed by atoms with E-state index in [4.69, 9.17) is 5.73 Å². The zero-order valence-electron chi connectivity index (χ0n) is 12.2. The summed E-state index contributed by atoms with van der Waals surface area (Å²) < 4.78 is 0. The summed E-state index contributed by atoms with van der Waals surface area (Å²) in [5.41, 5.74) is 6.83. The van der Waals surface area contributed by atoms with Crippen LogP contribution in [0.5, 0.6) is 0 Å². The molecule has 2 heteroatoms. The van der Waals surface area contributed by atoms with Crippen LogP contribution in [0.3, 0.4) is 0 Å². The van der Waals surface area contributed by atoms with Gasteiger partial charge in [-0.3, -0.25) is 0 Å². The van der Waals surface area contributed by atoms with Crippen molar-refractivity contribution in [1.82, 2.24) is 4.90 Å². The minimum atomic E-state index is 0.282. The Morgan fingerprint density at radius 2 is 1.65 bits per heavy atom. The van der Waals surface area contributed by atoms with Crippen LogP contribution < -0.4 is 5.73 Å². The van der Waals surface area contributed by atoms with Gasteiger partial charge in [0.1, 0.15) is 0 Å². The number of hydrogen-bond donors (Lipinski definition) is 1. The highest BCUT2D eigenvalue weighted by Gasteiger charge is 2.38. The molecule has 0 heterocycles. The molecule has 0 bridgehead atoms. The molecule has 1 atom stereocenters. The SMILES string of the molecule is CCCCCC(N)C1(N(C)C)CCCCCC1. The van der Waals surface area contributed by atoms with Crippen molar-refractivity contribution in [2.24, 2.45) is 5.73 Å². The van der Waals surface area contributed by atoms with Crippen LogP contribution in [0.1, 0.15) is 71.1 Å². The fraction of sp³-hybridized carbons (Fsp3) is 1.00. The van der Waals surface area contributed by atoms with E-state index in [0.29, 0.717) is 6.04 Å². The van der Waals surface area contributed by atoms with Crippen LogP contribution in [0.4, 0.5) is 0 Å². The Balaban J connectivity index is 2.61. The molecular formula is C15H32N2. The first kappa shape index (κ1) is 15.0. The van der Waals surface area contributed by atoms with E-state index in [0.717, 1.165) is 0 Å². The summed E-state index contributed by atoms with van der Waals surface area (Å²) in [6.45, 7) is 2.26. The van der Waals surface area contributed by atoms with Gasteiger partial charge in [-0.25, -0.2) is 0 Å². The minimum absolute atomic E-state index is 0.282. The van der Waals surface area contributed by atoms with E-state index in [9.17, 15) is 0 Å². The van der Waals surface area contributed by atoms with Crippen LogP contribution in [0, 0.1) is 0 Å². The molecule has 1 saturated carbocycles. The van der Waals surface area contributed by atoms with Crippen LogP contribution in [0.2, 0.25) is 0 Å². The molecule has 1 aliphatic rings. The lowest BCUT2D eigenvalue weighted by molar-refractivity contribution is 0.0921. The Morgan fingerprint density at radius 3 is 2.12 bits per heavy atom. The van der Waals surface area contributed by atoms with Crippen LogP contribution >= 0.6 is 0 Å². The molecule has 1 rings (SSSR count). The van der Waals surface area contributed by atoms with E-state index in [-0.39, 0.29) is 5.54 Å². The Hall–Kier alpha value is -0.0800. The highest BCUT2D eigenvalue weighted by atomic mass is 15.2. The van der Waals surface area contributed by atoms with Crippen molar-refractivity contribution in [3.8, 4) is 0 Å². The molecule has 0 saturated heterocycles. The lowest BCUT2D eigenvalue weighted by Crippen LogP contribution is -2.57. The van der Waals surface area contributed by atoms with Crippen molar-refractivity contribution in [2.75, 3.05) is 14.1 Å². The number of rotatable bonds is 6. The Kier molecular flexibility index (Phi) is 6.50. The third-order valence-electron chi connectivity index (χ3n) is 4.67. The summed E-state index contributed by atoms with van der Waals surface area (Å²) in [7, 11) is 4.45. The van der Waals surface area contributed by atoms with Gasteiger partial charge in [-0.2, -0.15) is 0 Å². The van der Waals surface area contributed by atoms with Crippen molar-refractivity contribution in [3.05, 3.63) is 0 Å². The molecule has 0 aromatic carbocycles. The van der Waals surface area contributed by atoms with Crippen molar-refractivity contribution in [2.45, 2.75) is 82.7 Å². The summed E-state index contributed by atoms with van der Waals surface area (Å²) in [5.74, 6) is 0. The fourth-order valence-electron chi connectivity index (χ4n) is 3.37. The maximum absolute atomic E-state index is 6.55. The molecule has 102 valence electrons. The fourth-order valence-corrected chi connectivity index (χ4v) is 3.37. The molecule has 17 heavy (non-hydrogen) atoms. The first-order valence-corrected chi connectivity index (χ1v) is 7.56. The average molecular weight is 240 g/mol. The predicted molar refractivity (Wildman–Crippen MR) is 76.2 cm³/mol. The van der Waals surface area contributed by atoms with Crippen LogP contribution in [-0.2, 0) is 0 Å². The molecular weight excluding hydrogens is 208 g/mol. The van der Waals surface area contributed by atoms with Crippen molar-refractivity contribution in [3.63, 3.8) is 0 Å². The van der Waals surface area contributed by atoms with E-state index >= 15 is 0 Å². The quantitative estimate of drug-likeness (QED) is 0.568. The molecule has 2 N–H and O–H groups in total. The number of hydrogen-bond acceptors (Lipinski definition) is 2. The molecule has 0 aromatic heterocycles. The second-order valence-electron chi connectivity index (χ2n) is 6.01. The van der Waals surface area contributed by atoms with Gasteiger partial charge in [0.05, 0.1) is 0 Å².